The van der Waals surface area contributed by atoms with Crippen LogP contribution in [0.15, 0.2) is 54.6 Å². The second kappa shape index (κ2) is 6.81. The maximum atomic E-state index is 12.4. The van der Waals surface area contributed by atoms with E-state index in [0.717, 1.165) is 0 Å². The van der Waals surface area contributed by atoms with Crippen molar-refractivity contribution in [3.05, 3.63) is 65.7 Å². The van der Waals surface area contributed by atoms with Crippen molar-refractivity contribution in [1.29, 1.82) is 0 Å². The highest BCUT2D eigenvalue weighted by atomic mass is 16.3. The van der Waals surface area contributed by atoms with Gasteiger partial charge < -0.3 is 10.4 Å². The number of carbonyl (C=O) groups is 2. The van der Waals surface area contributed by atoms with Crippen LogP contribution in [0.1, 0.15) is 27.6 Å². The summed E-state index contributed by atoms with van der Waals surface area (Å²) in [6, 6.07) is 15.1. The Balaban J connectivity index is 2.29. The number of hydrogen-bond donors (Lipinski definition) is 2. The summed E-state index contributed by atoms with van der Waals surface area (Å²) in [5.41, 5.74) is 1.23. The first-order valence-electron chi connectivity index (χ1n) is 6.74. The molecule has 21 heavy (non-hydrogen) atoms. The highest BCUT2D eigenvalue weighted by Gasteiger charge is 2.21. The summed E-state index contributed by atoms with van der Waals surface area (Å²) in [6.07, 6.45) is 0. The lowest BCUT2D eigenvalue weighted by atomic mass is 10.00. The molecule has 0 aliphatic carbocycles. The van der Waals surface area contributed by atoms with Gasteiger partial charge >= 0.3 is 0 Å². The molecule has 0 aliphatic heterocycles. The number of aliphatic hydroxyl groups excluding tert-OH is 1. The number of aliphatic hydroxyl groups is 1. The van der Waals surface area contributed by atoms with Crippen molar-refractivity contribution in [3.63, 3.8) is 0 Å². The van der Waals surface area contributed by atoms with Gasteiger partial charge in [0.05, 0.1) is 6.61 Å². The summed E-state index contributed by atoms with van der Waals surface area (Å²) in [7, 11) is 0. The van der Waals surface area contributed by atoms with E-state index in [0.29, 0.717) is 16.8 Å². The van der Waals surface area contributed by atoms with Crippen LogP contribution in [0, 0.1) is 0 Å². The summed E-state index contributed by atoms with van der Waals surface area (Å²) in [5.74, 6) is -1.10. The van der Waals surface area contributed by atoms with E-state index < -0.39 is 11.6 Å². The first-order chi connectivity index (χ1) is 10.1. The average molecular weight is 283 g/mol. The highest BCUT2D eigenvalue weighted by molar-refractivity contribution is 6.50. The maximum absolute atomic E-state index is 12.4. The van der Waals surface area contributed by atoms with E-state index in [1.165, 1.54) is 0 Å². The van der Waals surface area contributed by atoms with Crippen molar-refractivity contribution < 1.29 is 14.7 Å². The molecule has 4 heteroatoms. The van der Waals surface area contributed by atoms with Crippen LogP contribution in [0.3, 0.4) is 0 Å². The van der Waals surface area contributed by atoms with Gasteiger partial charge in [-0.25, -0.2) is 0 Å². The summed E-state index contributed by atoms with van der Waals surface area (Å²) in [4.78, 5) is 24.6. The number of ketones is 2. The predicted octanol–water partition coefficient (Wildman–Crippen LogP) is 2.54. The largest absolute Gasteiger partial charge is 0.394 e. The van der Waals surface area contributed by atoms with Crippen molar-refractivity contribution in [2.24, 2.45) is 0 Å². The number of benzene rings is 2. The van der Waals surface area contributed by atoms with Gasteiger partial charge in [-0.2, -0.15) is 0 Å². The molecule has 1 atom stereocenters. The number of carbonyl (C=O) groups excluding carboxylic acids is 2. The lowest BCUT2D eigenvalue weighted by molar-refractivity contribution is 0.0817. The molecule has 0 amide bonds. The van der Waals surface area contributed by atoms with Crippen LogP contribution in [-0.4, -0.2) is 29.3 Å². The van der Waals surface area contributed by atoms with Crippen LogP contribution in [0.2, 0.25) is 0 Å². The van der Waals surface area contributed by atoms with E-state index in [1.807, 2.05) is 0 Å². The van der Waals surface area contributed by atoms with Gasteiger partial charge in [0.1, 0.15) is 0 Å². The van der Waals surface area contributed by atoms with Gasteiger partial charge in [0.25, 0.3) is 0 Å². The maximum Gasteiger partial charge on any atom is 0.235 e. The summed E-state index contributed by atoms with van der Waals surface area (Å²) in [5, 5.41) is 12.1. The van der Waals surface area contributed by atoms with Gasteiger partial charge in [0, 0.05) is 22.9 Å². The molecule has 108 valence electrons. The Bertz CT molecular complexity index is 637. The van der Waals surface area contributed by atoms with E-state index in [1.54, 1.807) is 61.5 Å². The molecule has 0 heterocycles. The predicted molar refractivity (Wildman–Crippen MR) is 81.7 cm³/mol. The Morgan fingerprint density at radius 2 is 1.62 bits per heavy atom. The number of para-hydroxylation sites is 1. The van der Waals surface area contributed by atoms with Crippen LogP contribution in [0.5, 0.6) is 0 Å². The molecular weight excluding hydrogens is 266 g/mol. The van der Waals surface area contributed by atoms with Gasteiger partial charge in [-0.15, -0.1) is 0 Å². The molecule has 0 spiro atoms. The third-order valence-electron chi connectivity index (χ3n) is 3.09. The molecule has 0 bridgehead atoms. The van der Waals surface area contributed by atoms with Gasteiger partial charge in [-0.05, 0) is 19.1 Å². The van der Waals surface area contributed by atoms with Crippen LogP contribution >= 0.6 is 0 Å². The third-order valence-corrected chi connectivity index (χ3v) is 3.09. The monoisotopic (exact) mass is 283 g/mol. The molecule has 0 radical (unpaired) electrons. The molecule has 2 aromatic carbocycles. The Labute approximate surface area is 123 Å². The van der Waals surface area contributed by atoms with Crippen molar-refractivity contribution in [3.8, 4) is 0 Å². The standard InChI is InChI=1S/C17H17NO3/c1-12(11-19)18-15-10-6-5-9-14(15)17(21)16(20)13-7-3-2-4-8-13/h2-10,12,18-19H,11H2,1H3. The van der Waals surface area contributed by atoms with Gasteiger partial charge in [0.2, 0.25) is 11.6 Å². The minimum atomic E-state index is -0.561. The van der Waals surface area contributed by atoms with Crippen LogP contribution < -0.4 is 5.32 Å². The molecule has 1 unspecified atom stereocenters. The average Bonchev–Trinajstić information content (AvgIpc) is 2.54. The van der Waals surface area contributed by atoms with Crippen molar-refractivity contribution in [2.45, 2.75) is 13.0 Å². The molecule has 4 nitrogen and oxygen atoms in total. The smallest absolute Gasteiger partial charge is 0.235 e. The molecular formula is C17H17NO3. The zero-order chi connectivity index (χ0) is 15.2. The minimum absolute atomic E-state index is 0.0604. The van der Waals surface area contributed by atoms with Crippen LogP contribution in [0.4, 0.5) is 5.69 Å². The molecule has 0 aliphatic rings. The van der Waals surface area contributed by atoms with Crippen molar-refractivity contribution >= 4 is 17.3 Å². The normalized spacial score (nSPS) is 11.7. The summed E-state index contributed by atoms with van der Waals surface area (Å²) < 4.78 is 0. The Hall–Kier alpha value is -2.46. The zero-order valence-electron chi connectivity index (χ0n) is 11.7. The van der Waals surface area contributed by atoms with Crippen LogP contribution in [0.25, 0.3) is 0 Å². The Morgan fingerprint density at radius 3 is 2.29 bits per heavy atom. The molecule has 2 rings (SSSR count). The quantitative estimate of drug-likeness (QED) is 0.631. The number of Topliss-reactive ketones (excluding diaryl/α,β-unsaturated/α-hetero) is 2. The van der Waals surface area contributed by atoms with Crippen molar-refractivity contribution in [2.75, 3.05) is 11.9 Å². The van der Waals surface area contributed by atoms with Crippen LogP contribution in [-0.2, 0) is 0 Å². The molecule has 0 aromatic heterocycles. The number of anilines is 1. The lowest BCUT2D eigenvalue weighted by Crippen LogP contribution is -2.22. The van der Waals surface area contributed by atoms with E-state index in [4.69, 9.17) is 5.11 Å². The Morgan fingerprint density at radius 1 is 1.00 bits per heavy atom. The fraction of sp³-hybridized carbons (Fsp3) is 0.176. The number of rotatable bonds is 6. The number of nitrogens with one attached hydrogen (secondary N) is 1. The molecule has 0 fully saturated rings. The second-order valence-electron chi connectivity index (χ2n) is 4.80. The first-order valence-corrected chi connectivity index (χ1v) is 6.74. The highest BCUT2D eigenvalue weighted by Crippen LogP contribution is 2.18. The lowest BCUT2D eigenvalue weighted by Gasteiger charge is -2.15. The second-order valence-corrected chi connectivity index (χ2v) is 4.80. The SMILES string of the molecule is CC(CO)Nc1ccccc1C(=O)C(=O)c1ccccc1. The minimum Gasteiger partial charge on any atom is -0.394 e. The molecule has 2 aromatic rings. The fourth-order valence-corrected chi connectivity index (χ4v) is 1.96. The van der Waals surface area contributed by atoms with Crippen molar-refractivity contribution in [1.82, 2.24) is 0 Å². The van der Waals surface area contributed by atoms with Gasteiger partial charge in [-0.3, -0.25) is 9.59 Å². The topological polar surface area (TPSA) is 66.4 Å². The van der Waals surface area contributed by atoms with E-state index >= 15 is 0 Å². The fourth-order valence-electron chi connectivity index (χ4n) is 1.96. The molecule has 2 N–H and O–H groups in total. The number of hydrogen-bond acceptors (Lipinski definition) is 4. The first kappa shape index (κ1) is 14.9. The molecule has 0 saturated carbocycles. The molecule has 0 saturated heterocycles. The zero-order valence-corrected chi connectivity index (χ0v) is 11.7. The third kappa shape index (κ3) is 3.55. The summed E-state index contributed by atoms with van der Waals surface area (Å²) in [6.45, 7) is 1.73. The van der Waals surface area contributed by atoms with Gasteiger partial charge in [-0.1, -0.05) is 42.5 Å². The van der Waals surface area contributed by atoms with E-state index in [-0.39, 0.29) is 12.6 Å². The van der Waals surface area contributed by atoms with E-state index in [9.17, 15) is 9.59 Å². The Kier molecular flexibility index (Phi) is 4.85. The van der Waals surface area contributed by atoms with Gasteiger partial charge in [0.15, 0.2) is 0 Å². The summed E-state index contributed by atoms with van der Waals surface area (Å²) >= 11 is 0. The van der Waals surface area contributed by atoms with E-state index in [2.05, 4.69) is 5.32 Å².